The summed E-state index contributed by atoms with van der Waals surface area (Å²) < 4.78 is 26.3. The fourth-order valence-corrected chi connectivity index (χ4v) is 1.37. The van der Waals surface area contributed by atoms with E-state index in [2.05, 4.69) is 9.97 Å². The number of rotatable bonds is 2. The highest BCUT2D eigenvalue weighted by molar-refractivity contribution is 5.59. The van der Waals surface area contributed by atoms with Gasteiger partial charge in [0.25, 0.3) is 0 Å². The second kappa shape index (κ2) is 4.11. The minimum atomic E-state index is -0.534. The van der Waals surface area contributed by atoms with Gasteiger partial charge in [-0.1, -0.05) is 0 Å². The molecule has 80 valence electrons. The van der Waals surface area contributed by atoms with Gasteiger partial charge in [-0.25, -0.2) is 13.8 Å². The maximum atomic E-state index is 13.4. The maximum Gasteiger partial charge on any atom is 0.132 e. The number of nitrogens with one attached hydrogen (secondary N) is 1. The predicted octanol–water partition coefficient (Wildman–Crippen LogP) is 2.42. The Morgan fingerprint density at radius 1 is 1.38 bits per heavy atom. The largest absolute Gasteiger partial charge is 0.341 e. The van der Waals surface area contributed by atoms with E-state index in [0.717, 1.165) is 18.2 Å². The number of nitriles is 1. The molecular formula is C11H7F2N3. The van der Waals surface area contributed by atoms with Crippen molar-refractivity contribution >= 4 is 0 Å². The zero-order valence-electron chi connectivity index (χ0n) is 8.17. The smallest absolute Gasteiger partial charge is 0.132 e. The third-order valence-corrected chi connectivity index (χ3v) is 2.09. The number of H-pyrrole nitrogens is 1. The molecule has 0 saturated carbocycles. The molecule has 3 nitrogen and oxygen atoms in total. The van der Waals surface area contributed by atoms with Gasteiger partial charge in [-0.05, 0) is 18.2 Å². The van der Waals surface area contributed by atoms with Crippen LogP contribution in [0.15, 0.2) is 24.4 Å². The summed E-state index contributed by atoms with van der Waals surface area (Å²) in [5.41, 5.74) is 0.471. The van der Waals surface area contributed by atoms with E-state index in [9.17, 15) is 8.78 Å². The van der Waals surface area contributed by atoms with Crippen LogP contribution in [0.3, 0.4) is 0 Å². The number of nitrogens with zero attached hydrogens (tertiary/aromatic N) is 2. The highest BCUT2D eigenvalue weighted by Crippen LogP contribution is 2.21. The van der Waals surface area contributed by atoms with Crippen molar-refractivity contribution in [3.8, 4) is 17.3 Å². The lowest BCUT2D eigenvalue weighted by Gasteiger charge is -1.99. The van der Waals surface area contributed by atoms with Crippen molar-refractivity contribution in [2.75, 3.05) is 0 Å². The first kappa shape index (κ1) is 10.3. The first-order chi connectivity index (χ1) is 7.70. The Hall–Kier alpha value is -2.22. The van der Waals surface area contributed by atoms with Crippen molar-refractivity contribution in [2.45, 2.75) is 6.42 Å². The summed E-state index contributed by atoms with van der Waals surface area (Å²) in [6.45, 7) is 0. The zero-order valence-corrected chi connectivity index (χ0v) is 8.17. The van der Waals surface area contributed by atoms with Crippen LogP contribution in [0.1, 0.15) is 5.82 Å². The molecule has 0 atom stereocenters. The summed E-state index contributed by atoms with van der Waals surface area (Å²) in [7, 11) is 0. The van der Waals surface area contributed by atoms with Crippen molar-refractivity contribution in [1.82, 2.24) is 9.97 Å². The third-order valence-electron chi connectivity index (χ3n) is 2.09. The molecule has 0 unspecified atom stereocenters. The highest BCUT2D eigenvalue weighted by atomic mass is 19.1. The van der Waals surface area contributed by atoms with Gasteiger partial charge < -0.3 is 4.98 Å². The number of aromatic nitrogens is 2. The molecule has 5 heteroatoms. The quantitative estimate of drug-likeness (QED) is 0.843. The molecule has 1 aromatic heterocycles. The van der Waals surface area contributed by atoms with Crippen molar-refractivity contribution in [1.29, 1.82) is 5.26 Å². The first-order valence-electron chi connectivity index (χ1n) is 4.57. The van der Waals surface area contributed by atoms with Gasteiger partial charge in [0.15, 0.2) is 0 Å². The van der Waals surface area contributed by atoms with E-state index < -0.39 is 11.6 Å². The van der Waals surface area contributed by atoms with Gasteiger partial charge in [0.2, 0.25) is 0 Å². The van der Waals surface area contributed by atoms with Crippen molar-refractivity contribution in [2.24, 2.45) is 0 Å². The molecule has 0 saturated heterocycles. The van der Waals surface area contributed by atoms with E-state index in [0.29, 0.717) is 11.5 Å². The molecule has 0 aliphatic heterocycles. The maximum absolute atomic E-state index is 13.4. The van der Waals surface area contributed by atoms with Crippen molar-refractivity contribution in [3.63, 3.8) is 0 Å². The number of hydrogen-bond donors (Lipinski definition) is 1. The van der Waals surface area contributed by atoms with Crippen LogP contribution in [-0.2, 0) is 6.42 Å². The molecular weight excluding hydrogens is 212 g/mol. The average Bonchev–Trinajstić information content (AvgIpc) is 2.71. The summed E-state index contributed by atoms with van der Waals surface area (Å²) in [6, 6.07) is 5.09. The minimum Gasteiger partial charge on any atom is -0.341 e. The van der Waals surface area contributed by atoms with Crippen LogP contribution in [0.25, 0.3) is 11.3 Å². The van der Waals surface area contributed by atoms with Crippen LogP contribution in [0.4, 0.5) is 8.78 Å². The number of halogens is 2. The second-order valence-corrected chi connectivity index (χ2v) is 3.20. The summed E-state index contributed by atoms with van der Waals surface area (Å²) in [6.07, 6.45) is 1.49. The summed E-state index contributed by atoms with van der Waals surface area (Å²) in [5.74, 6) is -0.623. The molecule has 0 fully saturated rings. The second-order valence-electron chi connectivity index (χ2n) is 3.20. The standard InChI is InChI=1S/C11H7F2N3/c12-7-1-2-9(13)8(5-7)10-6-15-11(16-10)3-4-14/h1-2,5-6H,3H2,(H,15,16). The Bertz CT molecular complexity index is 555. The monoisotopic (exact) mass is 219 g/mol. The number of aromatic amines is 1. The topological polar surface area (TPSA) is 52.5 Å². The first-order valence-corrected chi connectivity index (χ1v) is 4.57. The molecule has 1 aromatic carbocycles. The fraction of sp³-hybridized carbons (Fsp3) is 0.0909. The molecule has 0 radical (unpaired) electrons. The van der Waals surface area contributed by atoms with Crippen LogP contribution in [-0.4, -0.2) is 9.97 Å². The van der Waals surface area contributed by atoms with E-state index in [-0.39, 0.29) is 12.0 Å². The summed E-state index contributed by atoms with van der Waals surface area (Å²) in [5, 5.41) is 8.45. The zero-order chi connectivity index (χ0) is 11.5. The predicted molar refractivity (Wildman–Crippen MR) is 53.3 cm³/mol. The molecule has 0 spiro atoms. The van der Waals surface area contributed by atoms with Crippen LogP contribution in [0.5, 0.6) is 0 Å². The van der Waals surface area contributed by atoms with Gasteiger partial charge in [0.1, 0.15) is 17.5 Å². The summed E-state index contributed by atoms with van der Waals surface area (Å²) >= 11 is 0. The summed E-state index contributed by atoms with van der Waals surface area (Å²) in [4.78, 5) is 6.64. The Kier molecular flexibility index (Phi) is 2.64. The molecule has 16 heavy (non-hydrogen) atoms. The van der Waals surface area contributed by atoms with Crippen LogP contribution < -0.4 is 0 Å². The van der Waals surface area contributed by atoms with Crippen LogP contribution >= 0.6 is 0 Å². The molecule has 0 aliphatic rings. The van der Waals surface area contributed by atoms with Gasteiger partial charge in [0, 0.05) is 5.56 Å². The molecule has 0 amide bonds. The van der Waals surface area contributed by atoms with Gasteiger partial charge in [-0.2, -0.15) is 5.26 Å². The number of hydrogen-bond acceptors (Lipinski definition) is 2. The van der Waals surface area contributed by atoms with E-state index in [1.54, 1.807) is 0 Å². The van der Waals surface area contributed by atoms with Gasteiger partial charge in [0.05, 0.1) is 24.4 Å². The van der Waals surface area contributed by atoms with E-state index in [1.807, 2.05) is 6.07 Å². The number of benzene rings is 1. The molecule has 1 heterocycles. The fourth-order valence-electron chi connectivity index (χ4n) is 1.37. The third kappa shape index (κ3) is 1.91. The molecule has 2 rings (SSSR count). The van der Waals surface area contributed by atoms with Crippen molar-refractivity contribution in [3.05, 3.63) is 41.9 Å². The molecule has 2 aromatic rings. The lowest BCUT2D eigenvalue weighted by Crippen LogP contribution is -1.88. The Labute approximate surface area is 90.4 Å². The van der Waals surface area contributed by atoms with Gasteiger partial charge >= 0.3 is 0 Å². The van der Waals surface area contributed by atoms with Crippen LogP contribution in [0, 0.1) is 23.0 Å². The number of imidazole rings is 1. The molecule has 0 aliphatic carbocycles. The van der Waals surface area contributed by atoms with Gasteiger partial charge in [-0.15, -0.1) is 0 Å². The lowest BCUT2D eigenvalue weighted by atomic mass is 10.1. The van der Waals surface area contributed by atoms with E-state index >= 15 is 0 Å². The SMILES string of the molecule is N#CCc1ncc(-c2cc(F)ccc2F)[nH]1. The molecule has 0 bridgehead atoms. The lowest BCUT2D eigenvalue weighted by molar-refractivity contribution is 0.602. The Morgan fingerprint density at radius 2 is 2.19 bits per heavy atom. The average molecular weight is 219 g/mol. The van der Waals surface area contributed by atoms with E-state index in [4.69, 9.17) is 5.26 Å². The Morgan fingerprint density at radius 3 is 2.94 bits per heavy atom. The normalized spacial score (nSPS) is 10.1. The minimum absolute atomic E-state index is 0.108. The van der Waals surface area contributed by atoms with Gasteiger partial charge in [-0.3, -0.25) is 0 Å². The van der Waals surface area contributed by atoms with Crippen molar-refractivity contribution < 1.29 is 8.78 Å². The van der Waals surface area contributed by atoms with Crippen LogP contribution in [0.2, 0.25) is 0 Å². The molecule has 1 N–H and O–H groups in total. The Balaban J connectivity index is 2.42. The van der Waals surface area contributed by atoms with E-state index in [1.165, 1.54) is 6.20 Å². The highest BCUT2D eigenvalue weighted by Gasteiger charge is 2.09.